The summed E-state index contributed by atoms with van der Waals surface area (Å²) < 4.78 is 63.2. The molecule has 5 rings (SSSR count). The number of rotatable bonds is 25. The highest BCUT2D eigenvalue weighted by atomic mass is 28.4. The van der Waals surface area contributed by atoms with E-state index in [1.165, 1.54) is 6.08 Å². The molecule has 18 heteroatoms. The van der Waals surface area contributed by atoms with Gasteiger partial charge in [-0.1, -0.05) is 150 Å². The minimum absolute atomic E-state index is 0.114. The van der Waals surface area contributed by atoms with Crippen LogP contribution in [-0.4, -0.2) is 130 Å². The van der Waals surface area contributed by atoms with E-state index in [1.54, 1.807) is 6.08 Å². The van der Waals surface area contributed by atoms with E-state index in [0.717, 1.165) is 72.5 Å². The SMILES string of the molecule is CC[Si](CC)(CC)O[C@@H]1CC2=C[C@H](O[Si](CC)(CC)CC)[C@@H](C(=O)O)[C@H](C[C@@H](O[C@@H]3O[C@H](C)[C@@H](O[Si](CC)(CC)CC)[C@H](NC(=O)c4ccccc4)[C@@H]3O[Si](CC)(CC)CC)/C=C/C=C/C=C/C=C/C[C@@H](C)OC(=O)/C=C/[C@H]3O[C@@H]3C1)O2. The lowest BCUT2D eigenvalue weighted by molar-refractivity contribution is -0.274. The highest BCUT2D eigenvalue weighted by Crippen LogP contribution is 2.41. The maximum atomic E-state index is 14.6. The first kappa shape index (κ1) is 69.2. The van der Waals surface area contributed by atoms with E-state index in [4.69, 9.17) is 41.4 Å². The van der Waals surface area contributed by atoms with Crippen LogP contribution in [0.2, 0.25) is 72.5 Å². The lowest BCUT2D eigenvalue weighted by atomic mass is 9.88. The fourth-order valence-corrected chi connectivity index (χ4v) is 23.6. The van der Waals surface area contributed by atoms with E-state index in [1.807, 2.05) is 98.9 Å². The summed E-state index contributed by atoms with van der Waals surface area (Å²) in [6.45, 7) is 30.1. The van der Waals surface area contributed by atoms with Gasteiger partial charge in [0.2, 0.25) is 0 Å². The number of carboxylic acids is 1. The van der Waals surface area contributed by atoms with Crippen LogP contribution >= 0.6 is 0 Å². The number of amides is 1. The lowest BCUT2D eigenvalue weighted by Crippen LogP contribution is -2.68. The Morgan fingerprint density at radius 3 is 1.73 bits per heavy atom. The Morgan fingerprint density at radius 2 is 1.16 bits per heavy atom. The molecule has 0 radical (unpaired) electrons. The molecule has 0 aliphatic carbocycles. The van der Waals surface area contributed by atoms with E-state index in [0.29, 0.717) is 30.6 Å². The van der Waals surface area contributed by atoms with Crippen molar-refractivity contribution in [2.75, 3.05) is 0 Å². The molecule has 1 aromatic rings. The van der Waals surface area contributed by atoms with Crippen LogP contribution in [0.25, 0.3) is 0 Å². The number of aliphatic carboxylic acids is 1. The van der Waals surface area contributed by atoms with E-state index in [-0.39, 0.29) is 36.7 Å². The van der Waals surface area contributed by atoms with Crippen molar-refractivity contribution in [1.29, 1.82) is 0 Å². The Bertz CT molecular complexity index is 2280. The summed E-state index contributed by atoms with van der Waals surface area (Å²) in [6.07, 6.45) is 15.6. The van der Waals surface area contributed by atoms with Crippen LogP contribution in [0.15, 0.2) is 103 Å². The number of cyclic esters (lactones) is 1. The third-order valence-corrected chi connectivity index (χ3v) is 37.3. The molecule has 82 heavy (non-hydrogen) atoms. The highest BCUT2D eigenvalue weighted by Gasteiger charge is 2.53. The Morgan fingerprint density at radius 1 is 0.622 bits per heavy atom. The molecule has 4 heterocycles. The van der Waals surface area contributed by atoms with Crippen molar-refractivity contribution in [2.45, 2.75) is 269 Å². The standard InChI is InChI=1S/C64H105NO13Si4/c1-15-79(16-2,17-3)75-52-43-51-45-56(76-80(18-4,19-5)20-6)58(63(68)69)55(72-51)44-50(40-36-31-29-27-28-30-33-37-47(13)70-57(66)42-41-53-54(46-52)74-53)73-64-61(78-82(24-10,25-11)26-12)59(65-62(67)49-38-34-32-35-39-49)60(48(14)71-64)77-81(21-7,22-8)23-9/h27-36,38-42,45,47-48,50,52-56,58-61,64H,15-26,37,43-44,46H2,1-14H3,(H,65,67)(H,68,69)/b28-27+,31-29+,33-30+,40-36+,42-41+/t47-,48-,50+,52-,53-,54-,55+,56+,58+,59+,60-,61+,64+/m1/s1. The number of nitrogens with one attached hydrogen (secondary N) is 1. The Hall–Kier alpha value is -3.54. The molecule has 2 N–H and O–H groups in total. The molecule has 4 aliphatic rings. The van der Waals surface area contributed by atoms with Crippen LogP contribution in [0.3, 0.4) is 0 Å². The minimum Gasteiger partial charge on any atom is -0.494 e. The van der Waals surface area contributed by atoms with Gasteiger partial charge in [0.25, 0.3) is 5.91 Å². The van der Waals surface area contributed by atoms with Crippen molar-refractivity contribution in [3.63, 3.8) is 0 Å². The van der Waals surface area contributed by atoms with Gasteiger partial charge in [-0.15, -0.1) is 0 Å². The van der Waals surface area contributed by atoms with Gasteiger partial charge in [-0.25, -0.2) is 4.79 Å². The second-order valence-electron chi connectivity index (χ2n) is 23.1. The van der Waals surface area contributed by atoms with Crippen LogP contribution in [0.4, 0.5) is 0 Å². The van der Waals surface area contributed by atoms with Crippen molar-refractivity contribution in [1.82, 2.24) is 5.32 Å². The number of benzene rings is 1. The molecule has 1 amide bonds. The molecule has 2 saturated heterocycles. The van der Waals surface area contributed by atoms with Crippen molar-refractivity contribution < 1.29 is 60.9 Å². The van der Waals surface area contributed by atoms with E-state index >= 15 is 0 Å². The van der Waals surface area contributed by atoms with Gasteiger partial charge in [-0.3, -0.25) is 9.59 Å². The van der Waals surface area contributed by atoms with Gasteiger partial charge in [-0.2, -0.15) is 0 Å². The highest BCUT2D eigenvalue weighted by molar-refractivity contribution is 6.74. The van der Waals surface area contributed by atoms with Gasteiger partial charge in [-0.05, 0) is 111 Å². The zero-order chi connectivity index (χ0) is 60.1. The summed E-state index contributed by atoms with van der Waals surface area (Å²) in [5, 5.41) is 15.0. The minimum atomic E-state index is -2.50. The number of epoxide rings is 1. The second kappa shape index (κ2) is 33.4. The van der Waals surface area contributed by atoms with Gasteiger partial charge >= 0.3 is 11.9 Å². The number of allylic oxidation sites excluding steroid dienone is 6. The van der Waals surface area contributed by atoms with Gasteiger partial charge in [0.05, 0.1) is 48.4 Å². The molecular weight excluding hydrogens is 1100 g/mol. The molecular formula is C64H105NO13Si4. The van der Waals surface area contributed by atoms with Crippen LogP contribution in [-0.2, 0) is 51.0 Å². The third kappa shape index (κ3) is 19.0. The zero-order valence-electron chi connectivity index (χ0n) is 52.4. The molecule has 14 nitrogen and oxygen atoms in total. The fourth-order valence-electron chi connectivity index (χ4n) is 12.2. The summed E-state index contributed by atoms with van der Waals surface area (Å²) in [4.78, 5) is 41.6. The number of carbonyl (C=O) groups is 3. The number of esters is 1. The van der Waals surface area contributed by atoms with Crippen molar-refractivity contribution >= 4 is 51.1 Å². The molecule has 0 saturated carbocycles. The number of carbonyl (C=O) groups excluding carboxylic acids is 2. The molecule has 4 aliphatic heterocycles. The number of carboxylic acid groups (broad SMARTS) is 1. The van der Waals surface area contributed by atoms with Crippen molar-refractivity contribution in [3.05, 3.63) is 108 Å². The van der Waals surface area contributed by atoms with Crippen molar-refractivity contribution in [2.24, 2.45) is 5.92 Å². The maximum Gasteiger partial charge on any atom is 0.330 e. The number of hydrogen-bond donors (Lipinski definition) is 2. The summed E-state index contributed by atoms with van der Waals surface area (Å²) in [6, 6.07) is 19.1. The normalized spacial score (nSPS) is 30.9. The molecule has 0 spiro atoms. The molecule has 0 aromatic heterocycles. The van der Waals surface area contributed by atoms with Gasteiger partial charge in [0.15, 0.2) is 39.6 Å². The van der Waals surface area contributed by atoms with E-state index in [2.05, 4.69) is 88.4 Å². The summed E-state index contributed by atoms with van der Waals surface area (Å²) >= 11 is 0. The van der Waals surface area contributed by atoms with Crippen molar-refractivity contribution in [3.8, 4) is 0 Å². The van der Waals surface area contributed by atoms with Gasteiger partial charge in [0, 0.05) is 37.3 Å². The van der Waals surface area contributed by atoms with Crippen LogP contribution in [0.5, 0.6) is 0 Å². The molecule has 0 unspecified atom stereocenters. The monoisotopic (exact) mass is 1210 g/mol. The summed E-state index contributed by atoms with van der Waals surface area (Å²) in [5.74, 6) is -2.16. The molecule has 13 atom stereocenters. The molecule has 2 bridgehead atoms. The zero-order valence-corrected chi connectivity index (χ0v) is 56.4. The second-order valence-corrected chi connectivity index (χ2v) is 42.0. The first-order valence-electron chi connectivity index (χ1n) is 31.5. The van der Waals surface area contributed by atoms with Crippen LogP contribution < -0.4 is 5.32 Å². The molecule has 2 fully saturated rings. The Labute approximate surface area is 497 Å². The largest absolute Gasteiger partial charge is 0.494 e. The van der Waals surface area contributed by atoms with Crippen LogP contribution in [0.1, 0.15) is 133 Å². The molecule has 460 valence electrons. The number of hydrogen-bond acceptors (Lipinski definition) is 12. The quantitative estimate of drug-likeness (QED) is 0.0539. The molecule has 1 aromatic carbocycles. The van der Waals surface area contributed by atoms with E-state index < -0.39 is 100 Å². The summed E-state index contributed by atoms with van der Waals surface area (Å²) in [7, 11) is -9.49. The van der Waals surface area contributed by atoms with Gasteiger partial charge < -0.3 is 51.8 Å². The first-order chi connectivity index (χ1) is 39.4. The fraction of sp³-hybridized carbons (Fsp3) is 0.672. The average Bonchev–Trinajstić information content (AvgIpc) is 4.34. The first-order valence-corrected chi connectivity index (χ1v) is 41.7. The Balaban J connectivity index is 1.70. The lowest BCUT2D eigenvalue weighted by Gasteiger charge is -2.51. The maximum absolute atomic E-state index is 14.6. The average molecular weight is 1210 g/mol. The number of ether oxygens (including phenoxy) is 5. The predicted molar refractivity (Wildman–Crippen MR) is 338 cm³/mol. The topological polar surface area (TPSA) is 170 Å². The van der Waals surface area contributed by atoms with E-state index in [9.17, 15) is 19.5 Å². The Kier molecular flexibility index (Phi) is 28.2. The summed E-state index contributed by atoms with van der Waals surface area (Å²) in [5.41, 5.74) is 0.523. The van der Waals surface area contributed by atoms with Gasteiger partial charge in [0.1, 0.15) is 30.3 Å². The predicted octanol–water partition coefficient (Wildman–Crippen LogP) is 14.5. The number of fused-ring (bicyclic) bond motifs is 3. The van der Waals surface area contributed by atoms with Crippen LogP contribution in [0, 0.1) is 5.92 Å². The third-order valence-electron chi connectivity index (χ3n) is 18.7. The smallest absolute Gasteiger partial charge is 0.330 e.